The van der Waals surface area contributed by atoms with E-state index in [2.05, 4.69) is 0 Å². The molecule has 0 aromatic heterocycles. The van der Waals surface area contributed by atoms with Crippen molar-refractivity contribution in [2.45, 2.75) is 34.2 Å². The number of carbonyl (C=O) groups excluding carboxylic acids is 2. The van der Waals surface area contributed by atoms with Gasteiger partial charge < -0.3 is 9.80 Å². The highest BCUT2D eigenvalue weighted by atomic mass is 16.2. The normalized spacial score (nSPS) is 11.1. The smallest absolute Gasteiger partial charge is 0.242 e. The lowest BCUT2D eigenvalue weighted by atomic mass is 9.89. The number of nitrogens with zero attached hydrogens (tertiary/aromatic N) is 2. The number of hydrogen-bond acceptors (Lipinski definition) is 2. The van der Waals surface area contributed by atoms with Gasteiger partial charge >= 0.3 is 0 Å². The van der Waals surface area contributed by atoms with Crippen molar-refractivity contribution in [2.75, 3.05) is 18.5 Å². The lowest BCUT2D eigenvalue weighted by Gasteiger charge is -2.33. The Hall–Kier alpha value is -2.62. The largest absolute Gasteiger partial charge is 0.341 e. The lowest BCUT2D eigenvalue weighted by Crippen LogP contribution is -2.50. The number of amides is 2. The Balaban J connectivity index is 2.20. The summed E-state index contributed by atoms with van der Waals surface area (Å²) >= 11 is 0. The molecule has 0 bridgehead atoms. The molecule has 2 amide bonds. The third-order valence-electron chi connectivity index (χ3n) is 4.55. The van der Waals surface area contributed by atoms with Crippen LogP contribution in [0.25, 0.3) is 0 Å². The monoisotopic (exact) mass is 352 g/mol. The Kier molecular flexibility index (Phi) is 6.19. The van der Waals surface area contributed by atoms with Crippen molar-refractivity contribution >= 4 is 17.5 Å². The zero-order valence-corrected chi connectivity index (χ0v) is 16.3. The quantitative estimate of drug-likeness (QED) is 0.737. The molecule has 0 aliphatic heterocycles. The first-order valence-corrected chi connectivity index (χ1v) is 8.95. The average molecular weight is 352 g/mol. The zero-order chi connectivity index (χ0) is 19.3. The van der Waals surface area contributed by atoms with E-state index in [1.807, 2.05) is 68.4 Å². The van der Waals surface area contributed by atoms with Gasteiger partial charge in [-0.2, -0.15) is 0 Å². The van der Waals surface area contributed by atoms with E-state index in [1.54, 1.807) is 30.7 Å². The molecule has 2 aromatic carbocycles. The van der Waals surface area contributed by atoms with Gasteiger partial charge in [0.25, 0.3) is 0 Å². The fraction of sp³-hybridized carbons (Fsp3) is 0.364. The minimum absolute atomic E-state index is 0.183. The predicted molar refractivity (Wildman–Crippen MR) is 106 cm³/mol. The van der Waals surface area contributed by atoms with Crippen molar-refractivity contribution in [3.05, 3.63) is 65.7 Å². The molecule has 0 atom stereocenters. The van der Waals surface area contributed by atoms with Gasteiger partial charge in [-0.15, -0.1) is 0 Å². The fourth-order valence-corrected chi connectivity index (χ4v) is 3.07. The predicted octanol–water partition coefficient (Wildman–Crippen LogP) is 4.03. The van der Waals surface area contributed by atoms with Crippen LogP contribution in [0.1, 0.15) is 31.9 Å². The van der Waals surface area contributed by atoms with Crippen LogP contribution in [0.5, 0.6) is 0 Å². The minimum atomic E-state index is -1.14. The number of aryl methyl sites for hydroxylation is 1. The molecule has 2 rings (SSSR count). The Labute approximate surface area is 156 Å². The van der Waals surface area contributed by atoms with Gasteiger partial charge in [-0.05, 0) is 51.0 Å². The van der Waals surface area contributed by atoms with E-state index in [4.69, 9.17) is 0 Å². The lowest BCUT2D eigenvalue weighted by molar-refractivity contribution is -0.146. The Bertz CT molecular complexity index is 769. The van der Waals surface area contributed by atoms with Crippen LogP contribution >= 0.6 is 0 Å². The first-order chi connectivity index (χ1) is 12.3. The maximum Gasteiger partial charge on any atom is 0.242 e. The molecule has 0 saturated heterocycles. The summed E-state index contributed by atoms with van der Waals surface area (Å²) < 4.78 is 0. The van der Waals surface area contributed by atoms with Crippen molar-refractivity contribution in [2.24, 2.45) is 5.41 Å². The zero-order valence-electron chi connectivity index (χ0n) is 16.3. The van der Waals surface area contributed by atoms with Gasteiger partial charge in [0.05, 0.1) is 0 Å². The van der Waals surface area contributed by atoms with Crippen LogP contribution in [0.3, 0.4) is 0 Å². The van der Waals surface area contributed by atoms with Gasteiger partial charge in [0.2, 0.25) is 11.8 Å². The van der Waals surface area contributed by atoms with E-state index >= 15 is 0 Å². The fourth-order valence-electron chi connectivity index (χ4n) is 3.07. The Morgan fingerprint density at radius 1 is 0.962 bits per heavy atom. The molecule has 0 unspecified atom stereocenters. The number of rotatable bonds is 6. The molecular weight excluding hydrogens is 324 g/mol. The van der Waals surface area contributed by atoms with Crippen LogP contribution in [0.15, 0.2) is 54.6 Å². The van der Waals surface area contributed by atoms with Crippen molar-refractivity contribution < 1.29 is 9.59 Å². The number of carbonyl (C=O) groups is 2. The van der Waals surface area contributed by atoms with Gasteiger partial charge in [-0.3, -0.25) is 9.59 Å². The topological polar surface area (TPSA) is 40.6 Å². The second-order valence-electron chi connectivity index (χ2n) is 7.16. The molecule has 138 valence electrons. The van der Waals surface area contributed by atoms with E-state index in [0.29, 0.717) is 13.1 Å². The molecule has 4 nitrogen and oxygen atoms in total. The van der Waals surface area contributed by atoms with E-state index in [0.717, 1.165) is 16.8 Å². The van der Waals surface area contributed by atoms with Gasteiger partial charge in [0.15, 0.2) is 0 Å². The summed E-state index contributed by atoms with van der Waals surface area (Å²) in [6.07, 6.45) is 0. The van der Waals surface area contributed by atoms with Crippen molar-refractivity contribution in [3.8, 4) is 0 Å². The molecule has 0 saturated carbocycles. The SMILES string of the molecule is CCN(C(=O)C(C)(C)C(=O)N(C)Cc1ccccc1)c1cccc(C)c1. The van der Waals surface area contributed by atoms with Crippen LogP contribution < -0.4 is 4.90 Å². The van der Waals surface area contributed by atoms with Crippen LogP contribution in [-0.4, -0.2) is 30.3 Å². The summed E-state index contributed by atoms with van der Waals surface area (Å²) in [6, 6.07) is 17.6. The Morgan fingerprint density at radius 3 is 2.19 bits per heavy atom. The summed E-state index contributed by atoms with van der Waals surface area (Å²) in [4.78, 5) is 29.5. The molecule has 26 heavy (non-hydrogen) atoms. The van der Waals surface area contributed by atoms with Crippen LogP contribution in [0.2, 0.25) is 0 Å². The van der Waals surface area contributed by atoms with Gasteiger partial charge in [-0.25, -0.2) is 0 Å². The molecule has 0 spiro atoms. The van der Waals surface area contributed by atoms with Gasteiger partial charge in [-0.1, -0.05) is 42.5 Å². The Morgan fingerprint density at radius 2 is 1.62 bits per heavy atom. The van der Waals surface area contributed by atoms with Crippen molar-refractivity contribution in [3.63, 3.8) is 0 Å². The van der Waals surface area contributed by atoms with Gasteiger partial charge in [0.1, 0.15) is 5.41 Å². The first-order valence-electron chi connectivity index (χ1n) is 8.95. The summed E-state index contributed by atoms with van der Waals surface area (Å²) in [5, 5.41) is 0. The molecular formula is C22H28N2O2. The average Bonchev–Trinajstić information content (AvgIpc) is 2.62. The van der Waals surface area contributed by atoms with Gasteiger partial charge in [0, 0.05) is 25.8 Å². The molecule has 0 aliphatic carbocycles. The number of anilines is 1. The molecule has 0 aliphatic rings. The van der Waals surface area contributed by atoms with Crippen LogP contribution in [0.4, 0.5) is 5.69 Å². The summed E-state index contributed by atoms with van der Waals surface area (Å²) in [5.74, 6) is -0.368. The standard InChI is InChI=1S/C22H28N2O2/c1-6-24(19-14-10-11-17(2)15-19)21(26)22(3,4)20(25)23(5)16-18-12-8-7-9-13-18/h7-15H,6,16H2,1-5H3. The van der Waals surface area contributed by atoms with Crippen molar-refractivity contribution in [1.29, 1.82) is 0 Å². The van der Waals surface area contributed by atoms with Crippen LogP contribution in [-0.2, 0) is 16.1 Å². The highest BCUT2D eigenvalue weighted by molar-refractivity contribution is 6.10. The summed E-state index contributed by atoms with van der Waals surface area (Å²) in [7, 11) is 1.74. The second-order valence-corrected chi connectivity index (χ2v) is 7.16. The summed E-state index contributed by atoms with van der Waals surface area (Å²) in [6.45, 7) is 8.32. The minimum Gasteiger partial charge on any atom is -0.341 e. The molecule has 4 heteroatoms. The first kappa shape index (κ1) is 19.7. The van der Waals surface area contributed by atoms with E-state index in [9.17, 15) is 9.59 Å². The highest BCUT2D eigenvalue weighted by Gasteiger charge is 2.41. The van der Waals surface area contributed by atoms with E-state index in [-0.39, 0.29) is 11.8 Å². The molecule has 0 radical (unpaired) electrons. The molecule has 0 N–H and O–H groups in total. The molecule has 0 heterocycles. The highest BCUT2D eigenvalue weighted by Crippen LogP contribution is 2.27. The maximum absolute atomic E-state index is 13.2. The third kappa shape index (κ3) is 4.31. The van der Waals surface area contributed by atoms with Crippen LogP contribution in [0, 0.1) is 12.3 Å². The number of hydrogen-bond donors (Lipinski definition) is 0. The van der Waals surface area contributed by atoms with E-state index < -0.39 is 5.41 Å². The van der Waals surface area contributed by atoms with E-state index in [1.165, 1.54) is 0 Å². The second kappa shape index (κ2) is 8.17. The molecule has 2 aromatic rings. The summed E-state index contributed by atoms with van der Waals surface area (Å²) in [5.41, 5.74) is 1.81. The maximum atomic E-state index is 13.2. The van der Waals surface area contributed by atoms with Crippen molar-refractivity contribution in [1.82, 2.24) is 4.90 Å². The third-order valence-corrected chi connectivity index (χ3v) is 4.55. The number of benzene rings is 2. The molecule has 0 fully saturated rings.